The molecule has 0 aliphatic heterocycles. The number of ether oxygens (including phenoxy) is 2. The van der Waals surface area contributed by atoms with Gasteiger partial charge in [-0.05, 0) is 48.9 Å². The first kappa shape index (κ1) is 18.6. The second-order valence-corrected chi connectivity index (χ2v) is 5.38. The van der Waals surface area contributed by atoms with Crippen molar-refractivity contribution in [3.05, 3.63) is 59.2 Å². The van der Waals surface area contributed by atoms with Crippen LogP contribution in [-0.4, -0.2) is 20.1 Å². The minimum absolute atomic E-state index is 0.153. The van der Waals surface area contributed by atoms with Gasteiger partial charge in [-0.25, -0.2) is 0 Å². The van der Waals surface area contributed by atoms with Crippen molar-refractivity contribution in [2.75, 3.05) is 14.2 Å². The molecule has 0 heterocycles. The quantitative estimate of drug-likeness (QED) is 0.876. The number of alkyl halides is 3. The second-order valence-electron chi connectivity index (χ2n) is 5.38. The lowest BCUT2D eigenvalue weighted by atomic mass is 10.1. The zero-order valence-corrected chi connectivity index (χ0v) is 14.0. The predicted octanol–water partition coefficient (Wildman–Crippen LogP) is 4.21. The van der Waals surface area contributed by atoms with E-state index in [2.05, 4.69) is 5.32 Å². The smallest absolute Gasteiger partial charge is 0.416 e. The van der Waals surface area contributed by atoms with Crippen molar-refractivity contribution in [3.63, 3.8) is 0 Å². The van der Waals surface area contributed by atoms with Crippen LogP contribution in [0.25, 0.3) is 0 Å². The number of amides is 1. The number of rotatable bonds is 5. The van der Waals surface area contributed by atoms with Gasteiger partial charge in [0.05, 0.1) is 25.8 Å². The van der Waals surface area contributed by atoms with Crippen molar-refractivity contribution >= 4 is 5.91 Å². The lowest BCUT2D eigenvalue weighted by molar-refractivity contribution is -0.137. The van der Waals surface area contributed by atoms with Crippen molar-refractivity contribution < 1.29 is 27.4 Å². The highest BCUT2D eigenvalue weighted by molar-refractivity contribution is 5.94. The largest absolute Gasteiger partial charge is 0.493 e. The molecule has 2 aromatic carbocycles. The van der Waals surface area contributed by atoms with Crippen LogP contribution in [0.5, 0.6) is 11.5 Å². The predicted molar refractivity (Wildman–Crippen MR) is 86.9 cm³/mol. The van der Waals surface area contributed by atoms with Crippen molar-refractivity contribution in [1.82, 2.24) is 5.32 Å². The van der Waals surface area contributed by atoms with Gasteiger partial charge in [0.1, 0.15) is 0 Å². The van der Waals surface area contributed by atoms with E-state index in [1.54, 1.807) is 25.1 Å². The molecular weight excluding hydrogens is 335 g/mol. The van der Waals surface area contributed by atoms with Gasteiger partial charge in [0.15, 0.2) is 11.5 Å². The maximum Gasteiger partial charge on any atom is 0.416 e. The molecule has 0 aromatic heterocycles. The maximum absolute atomic E-state index is 12.6. The Balaban J connectivity index is 2.12. The fraction of sp³-hybridized carbons (Fsp3) is 0.278. The average Bonchev–Trinajstić information content (AvgIpc) is 2.60. The van der Waals surface area contributed by atoms with Gasteiger partial charge in [-0.3, -0.25) is 4.79 Å². The molecule has 4 nitrogen and oxygen atoms in total. The number of carbonyl (C=O) groups is 1. The Morgan fingerprint density at radius 2 is 1.60 bits per heavy atom. The fourth-order valence-corrected chi connectivity index (χ4v) is 2.30. The van der Waals surface area contributed by atoms with E-state index in [4.69, 9.17) is 9.47 Å². The van der Waals surface area contributed by atoms with E-state index < -0.39 is 17.6 Å². The standard InChI is InChI=1S/C18H18F3NO3/c1-11(13-6-9-15(24-2)16(10-13)25-3)22-17(23)12-4-7-14(8-5-12)18(19,20)21/h4-11H,1-3H3,(H,22,23). The number of hydrogen-bond acceptors (Lipinski definition) is 3. The first-order valence-electron chi connectivity index (χ1n) is 7.46. The molecule has 0 saturated carbocycles. The molecule has 134 valence electrons. The van der Waals surface area contributed by atoms with Crippen molar-refractivity contribution in [1.29, 1.82) is 0 Å². The molecule has 1 unspecified atom stereocenters. The summed E-state index contributed by atoms with van der Waals surface area (Å²) in [5.41, 5.74) is 0.134. The molecule has 7 heteroatoms. The Kier molecular flexibility index (Phi) is 5.56. The molecule has 1 atom stereocenters. The van der Waals surface area contributed by atoms with Crippen LogP contribution in [0.3, 0.4) is 0 Å². The van der Waals surface area contributed by atoms with Crippen LogP contribution in [0.15, 0.2) is 42.5 Å². The van der Waals surface area contributed by atoms with E-state index in [-0.39, 0.29) is 11.6 Å². The molecule has 2 rings (SSSR count). The summed E-state index contributed by atoms with van der Waals surface area (Å²) < 4.78 is 48.1. The first-order chi connectivity index (χ1) is 11.8. The third kappa shape index (κ3) is 4.43. The summed E-state index contributed by atoms with van der Waals surface area (Å²) in [7, 11) is 3.03. The second kappa shape index (κ2) is 7.46. The number of halogens is 3. The van der Waals surface area contributed by atoms with E-state index in [0.717, 1.165) is 29.8 Å². The molecule has 0 spiro atoms. The third-order valence-electron chi connectivity index (χ3n) is 3.73. The molecule has 0 aliphatic carbocycles. The topological polar surface area (TPSA) is 47.6 Å². The molecule has 25 heavy (non-hydrogen) atoms. The van der Waals surface area contributed by atoms with E-state index in [1.165, 1.54) is 14.2 Å². The molecule has 0 radical (unpaired) electrons. The summed E-state index contributed by atoms with van der Waals surface area (Å²) in [6.45, 7) is 1.77. The highest BCUT2D eigenvalue weighted by Crippen LogP contribution is 2.31. The van der Waals surface area contributed by atoms with Gasteiger partial charge < -0.3 is 14.8 Å². The van der Waals surface area contributed by atoms with Gasteiger partial charge in [-0.15, -0.1) is 0 Å². The molecule has 0 bridgehead atoms. The first-order valence-corrected chi connectivity index (χ1v) is 7.46. The van der Waals surface area contributed by atoms with Gasteiger partial charge in [0.25, 0.3) is 5.91 Å². The fourth-order valence-electron chi connectivity index (χ4n) is 2.30. The Morgan fingerprint density at radius 1 is 1.00 bits per heavy atom. The Bertz CT molecular complexity index is 742. The third-order valence-corrected chi connectivity index (χ3v) is 3.73. The number of carbonyl (C=O) groups excluding carboxylic acids is 1. The minimum atomic E-state index is -4.43. The van der Waals surface area contributed by atoms with Crippen LogP contribution in [0.2, 0.25) is 0 Å². The molecule has 0 saturated heterocycles. The van der Waals surface area contributed by atoms with Crippen molar-refractivity contribution in [2.24, 2.45) is 0 Å². The number of methoxy groups -OCH3 is 2. The van der Waals surface area contributed by atoms with E-state index in [9.17, 15) is 18.0 Å². The van der Waals surface area contributed by atoms with Gasteiger partial charge in [-0.2, -0.15) is 13.2 Å². The summed E-state index contributed by atoms with van der Waals surface area (Å²) in [5.74, 6) is 0.624. The average molecular weight is 353 g/mol. The molecular formula is C18H18F3NO3. The normalized spacial score (nSPS) is 12.4. The van der Waals surface area contributed by atoms with Gasteiger partial charge in [-0.1, -0.05) is 6.07 Å². The van der Waals surface area contributed by atoms with Crippen molar-refractivity contribution in [2.45, 2.75) is 19.1 Å². The lowest BCUT2D eigenvalue weighted by Crippen LogP contribution is -2.26. The summed E-state index contributed by atoms with van der Waals surface area (Å²) in [5, 5.41) is 2.74. The summed E-state index contributed by atoms with van der Waals surface area (Å²) in [6.07, 6.45) is -4.43. The minimum Gasteiger partial charge on any atom is -0.493 e. The monoisotopic (exact) mass is 353 g/mol. The molecule has 0 aliphatic rings. The van der Waals surface area contributed by atoms with Gasteiger partial charge in [0, 0.05) is 5.56 Å². The van der Waals surface area contributed by atoms with Gasteiger partial charge in [0.2, 0.25) is 0 Å². The van der Waals surface area contributed by atoms with Crippen LogP contribution in [0.4, 0.5) is 13.2 Å². The van der Waals surface area contributed by atoms with Crippen LogP contribution >= 0.6 is 0 Å². The number of benzene rings is 2. The SMILES string of the molecule is COc1ccc(C(C)NC(=O)c2ccc(C(F)(F)F)cc2)cc1OC. The highest BCUT2D eigenvalue weighted by atomic mass is 19.4. The van der Waals surface area contributed by atoms with Gasteiger partial charge >= 0.3 is 6.18 Å². The molecule has 1 amide bonds. The summed E-state index contributed by atoms with van der Waals surface area (Å²) in [6, 6.07) is 8.93. The van der Waals surface area contributed by atoms with E-state index in [1.807, 2.05) is 0 Å². The summed E-state index contributed by atoms with van der Waals surface area (Å²) >= 11 is 0. The Morgan fingerprint density at radius 3 is 2.12 bits per heavy atom. The number of nitrogens with one attached hydrogen (secondary N) is 1. The van der Waals surface area contributed by atoms with E-state index in [0.29, 0.717) is 11.5 Å². The van der Waals surface area contributed by atoms with Crippen LogP contribution in [0.1, 0.15) is 34.5 Å². The Labute approximate surface area is 143 Å². The summed E-state index contributed by atoms with van der Waals surface area (Å²) in [4.78, 5) is 12.2. The maximum atomic E-state index is 12.6. The lowest BCUT2D eigenvalue weighted by Gasteiger charge is -2.17. The van der Waals surface area contributed by atoms with Crippen LogP contribution in [0, 0.1) is 0 Å². The molecule has 0 fully saturated rings. The number of hydrogen-bond donors (Lipinski definition) is 1. The van der Waals surface area contributed by atoms with Crippen molar-refractivity contribution in [3.8, 4) is 11.5 Å². The van der Waals surface area contributed by atoms with Crippen LogP contribution < -0.4 is 14.8 Å². The highest BCUT2D eigenvalue weighted by Gasteiger charge is 2.30. The zero-order valence-electron chi connectivity index (χ0n) is 14.0. The molecule has 1 N–H and O–H groups in total. The zero-order chi connectivity index (χ0) is 18.6. The van der Waals surface area contributed by atoms with E-state index >= 15 is 0 Å². The van der Waals surface area contributed by atoms with Crippen LogP contribution in [-0.2, 0) is 6.18 Å². The Hall–Kier alpha value is -2.70. The molecule has 2 aromatic rings.